The van der Waals surface area contributed by atoms with Gasteiger partial charge in [0.15, 0.2) is 0 Å². The zero-order chi connectivity index (χ0) is 34.3. The van der Waals surface area contributed by atoms with Crippen LogP contribution in [0.1, 0.15) is 71.8 Å². The number of para-hydroxylation sites is 1. The summed E-state index contributed by atoms with van der Waals surface area (Å²) in [5.74, 6) is 0.412. The number of benzene rings is 2. The minimum atomic E-state index is -0.184. The average molecular weight is 662 g/mol. The van der Waals surface area contributed by atoms with Crippen molar-refractivity contribution < 1.29 is 28.6 Å². The molecule has 2 heterocycles. The third kappa shape index (κ3) is 11.1. The fourth-order valence-corrected chi connectivity index (χ4v) is 5.50. The molecule has 0 aliphatic carbocycles. The molecule has 11 nitrogen and oxygen atoms in total. The molecule has 0 fully saturated rings. The highest BCUT2D eigenvalue weighted by molar-refractivity contribution is 6.01. The van der Waals surface area contributed by atoms with Crippen LogP contribution in [0.25, 0.3) is 22.5 Å². The number of fused-ring (bicyclic) bond motifs is 5. The molecule has 4 rings (SSSR count). The molecule has 2 amide bonds. The summed E-state index contributed by atoms with van der Waals surface area (Å²) >= 11 is 0. The second-order valence-corrected chi connectivity index (χ2v) is 12.7. The Morgan fingerprint density at radius 1 is 0.833 bits per heavy atom. The molecule has 1 aliphatic heterocycles. The Kier molecular flexibility index (Phi) is 14.7. The van der Waals surface area contributed by atoms with E-state index in [1.807, 2.05) is 67.1 Å². The van der Waals surface area contributed by atoms with E-state index in [0.29, 0.717) is 83.5 Å². The zero-order valence-corrected chi connectivity index (χ0v) is 28.9. The molecule has 3 aromatic rings. The summed E-state index contributed by atoms with van der Waals surface area (Å²) < 4.78 is 18.8. The molecule has 0 spiro atoms. The standard InChI is InChI=1S/C37H51N5O6/c1-27(2)14-15-30(43)18-22-46-21-9-19-38-34(44)16-17-35(45)41-26-29-10-5-6-11-31(29)37-36(32-12-7-8-13-33(32)41)39-40-42(37)20-23-47-24-25-48-28(3)4/h5-8,10-13,27-28H,9,14-26H2,1-4H3,(H,38,44). The van der Waals surface area contributed by atoms with Crippen molar-refractivity contribution in [1.82, 2.24) is 20.3 Å². The first-order valence-electron chi connectivity index (χ1n) is 17.2. The molecule has 260 valence electrons. The lowest BCUT2D eigenvalue weighted by Crippen LogP contribution is -2.33. The van der Waals surface area contributed by atoms with Gasteiger partial charge in [-0.1, -0.05) is 61.5 Å². The number of carbonyl (C=O) groups excluding carboxylic acids is 3. The third-order valence-electron chi connectivity index (χ3n) is 8.09. The van der Waals surface area contributed by atoms with Crippen LogP contribution in [0.2, 0.25) is 0 Å². The molecule has 0 saturated heterocycles. The zero-order valence-electron chi connectivity index (χ0n) is 28.9. The molecule has 1 aliphatic rings. The number of Topliss-reactive ketones (excluding diaryl/α,β-unsaturated/α-hetero) is 1. The van der Waals surface area contributed by atoms with E-state index in [4.69, 9.17) is 14.2 Å². The molecule has 0 bridgehead atoms. The monoisotopic (exact) mass is 661 g/mol. The van der Waals surface area contributed by atoms with Gasteiger partial charge in [-0.3, -0.25) is 14.4 Å². The number of anilines is 1. The highest BCUT2D eigenvalue weighted by atomic mass is 16.5. The van der Waals surface area contributed by atoms with E-state index in [1.165, 1.54) is 0 Å². The van der Waals surface area contributed by atoms with Crippen molar-refractivity contribution in [2.24, 2.45) is 5.92 Å². The maximum Gasteiger partial charge on any atom is 0.227 e. The van der Waals surface area contributed by atoms with Crippen molar-refractivity contribution in [2.75, 3.05) is 44.5 Å². The average Bonchev–Trinajstić information content (AvgIpc) is 3.48. The number of nitrogens with zero attached hydrogens (tertiary/aromatic N) is 4. The van der Waals surface area contributed by atoms with Crippen molar-refractivity contribution in [2.45, 2.75) is 85.4 Å². The van der Waals surface area contributed by atoms with Gasteiger partial charge in [-0.15, -0.1) is 5.10 Å². The smallest absolute Gasteiger partial charge is 0.227 e. The van der Waals surface area contributed by atoms with E-state index in [0.717, 1.165) is 34.5 Å². The van der Waals surface area contributed by atoms with Crippen LogP contribution < -0.4 is 10.2 Å². The maximum absolute atomic E-state index is 13.7. The number of ketones is 1. The Hall–Kier alpha value is -3.93. The summed E-state index contributed by atoms with van der Waals surface area (Å²) in [5, 5.41) is 12.0. The Balaban J connectivity index is 1.34. The lowest BCUT2D eigenvalue weighted by atomic mass is 9.95. The van der Waals surface area contributed by atoms with Gasteiger partial charge in [-0.25, -0.2) is 4.68 Å². The Morgan fingerprint density at radius 2 is 1.58 bits per heavy atom. The normalized spacial score (nSPS) is 12.3. The number of carbonyl (C=O) groups is 3. The third-order valence-corrected chi connectivity index (χ3v) is 8.09. The number of hydrogen-bond acceptors (Lipinski definition) is 8. The first-order chi connectivity index (χ1) is 23.2. The van der Waals surface area contributed by atoms with Crippen LogP contribution in [0, 0.1) is 5.92 Å². The molecular formula is C37H51N5O6. The number of aromatic nitrogens is 3. The molecule has 11 heteroatoms. The first kappa shape index (κ1) is 36.9. The van der Waals surface area contributed by atoms with E-state index in [9.17, 15) is 14.4 Å². The van der Waals surface area contributed by atoms with E-state index in [1.54, 1.807) is 4.90 Å². The number of rotatable bonds is 20. The van der Waals surface area contributed by atoms with Gasteiger partial charge in [-0.2, -0.15) is 0 Å². The topological polar surface area (TPSA) is 125 Å². The minimum Gasteiger partial charge on any atom is -0.381 e. The molecule has 0 atom stereocenters. The van der Waals surface area contributed by atoms with Crippen LogP contribution in [0.4, 0.5) is 5.69 Å². The van der Waals surface area contributed by atoms with Gasteiger partial charge in [0.1, 0.15) is 11.5 Å². The van der Waals surface area contributed by atoms with Crippen LogP contribution in [0.3, 0.4) is 0 Å². The van der Waals surface area contributed by atoms with E-state index in [-0.39, 0.29) is 36.5 Å². The fourth-order valence-electron chi connectivity index (χ4n) is 5.50. The molecule has 1 N–H and O–H groups in total. The molecule has 0 saturated carbocycles. The summed E-state index contributed by atoms with van der Waals surface area (Å²) in [7, 11) is 0. The highest BCUT2D eigenvalue weighted by Crippen LogP contribution is 2.41. The molecular weight excluding hydrogens is 610 g/mol. The molecule has 48 heavy (non-hydrogen) atoms. The van der Waals surface area contributed by atoms with Crippen molar-refractivity contribution >= 4 is 23.3 Å². The van der Waals surface area contributed by atoms with Crippen molar-refractivity contribution in [3.05, 3.63) is 54.1 Å². The summed E-state index contributed by atoms with van der Waals surface area (Å²) in [4.78, 5) is 40.0. The largest absolute Gasteiger partial charge is 0.381 e. The van der Waals surface area contributed by atoms with E-state index < -0.39 is 0 Å². The van der Waals surface area contributed by atoms with Crippen molar-refractivity contribution in [1.29, 1.82) is 0 Å². The first-order valence-corrected chi connectivity index (χ1v) is 17.2. The molecule has 0 radical (unpaired) electrons. The molecule has 2 aromatic carbocycles. The van der Waals surface area contributed by atoms with E-state index >= 15 is 0 Å². The van der Waals surface area contributed by atoms with Gasteiger partial charge in [0, 0.05) is 50.0 Å². The summed E-state index contributed by atoms with van der Waals surface area (Å²) in [5.41, 5.74) is 5.02. The van der Waals surface area contributed by atoms with Gasteiger partial charge in [-0.05, 0) is 44.2 Å². The number of nitrogens with one attached hydrogen (secondary N) is 1. The van der Waals surface area contributed by atoms with Crippen LogP contribution in [0.15, 0.2) is 48.5 Å². The predicted octanol–water partition coefficient (Wildman–Crippen LogP) is 5.60. The lowest BCUT2D eigenvalue weighted by molar-refractivity contribution is -0.125. The minimum absolute atomic E-state index is 0.0642. The van der Waals surface area contributed by atoms with Gasteiger partial charge in [0.05, 0.1) is 57.0 Å². The van der Waals surface area contributed by atoms with E-state index in [2.05, 4.69) is 29.5 Å². The molecule has 0 unspecified atom stereocenters. The van der Waals surface area contributed by atoms with Crippen molar-refractivity contribution in [3.63, 3.8) is 0 Å². The SMILES string of the molecule is CC(C)CCC(=O)CCOCCCNC(=O)CCC(=O)N1Cc2ccccc2-c2c(nnn2CCOCCOC(C)C)-c2ccccc21. The number of ether oxygens (including phenoxy) is 3. The Morgan fingerprint density at radius 3 is 2.38 bits per heavy atom. The maximum atomic E-state index is 13.7. The van der Waals surface area contributed by atoms with Crippen LogP contribution >= 0.6 is 0 Å². The highest BCUT2D eigenvalue weighted by Gasteiger charge is 2.29. The predicted molar refractivity (Wildman–Crippen MR) is 185 cm³/mol. The van der Waals surface area contributed by atoms with Gasteiger partial charge in [0.2, 0.25) is 11.8 Å². The number of hydrogen-bond donors (Lipinski definition) is 1. The second-order valence-electron chi connectivity index (χ2n) is 12.7. The second kappa shape index (κ2) is 19.2. The molecule has 1 aromatic heterocycles. The van der Waals surface area contributed by atoms with Gasteiger partial charge < -0.3 is 24.4 Å². The Labute approximate surface area is 284 Å². The van der Waals surface area contributed by atoms with Gasteiger partial charge >= 0.3 is 0 Å². The fraction of sp³-hybridized carbons (Fsp3) is 0.541. The summed E-state index contributed by atoms with van der Waals surface area (Å²) in [6.45, 7) is 11.9. The van der Waals surface area contributed by atoms with Crippen LogP contribution in [0.5, 0.6) is 0 Å². The van der Waals surface area contributed by atoms with Crippen LogP contribution in [-0.4, -0.2) is 78.3 Å². The van der Waals surface area contributed by atoms with Gasteiger partial charge in [0.25, 0.3) is 0 Å². The Bertz CT molecular complexity index is 1490. The quantitative estimate of drug-likeness (QED) is 0.155. The summed E-state index contributed by atoms with van der Waals surface area (Å²) in [6.07, 6.45) is 2.86. The van der Waals surface area contributed by atoms with Crippen LogP contribution in [-0.2, 0) is 41.7 Å². The van der Waals surface area contributed by atoms with Crippen molar-refractivity contribution in [3.8, 4) is 22.5 Å². The number of amides is 2. The lowest BCUT2D eigenvalue weighted by Gasteiger charge is -2.28. The summed E-state index contributed by atoms with van der Waals surface area (Å²) in [6, 6.07) is 15.7.